The first-order valence-corrected chi connectivity index (χ1v) is 7.54. The molecule has 0 spiro atoms. The molecule has 24 heavy (non-hydrogen) atoms. The van der Waals surface area contributed by atoms with Gasteiger partial charge in [0.15, 0.2) is 11.5 Å². The molecule has 0 fully saturated rings. The summed E-state index contributed by atoms with van der Waals surface area (Å²) < 4.78 is 15.9. The predicted octanol–water partition coefficient (Wildman–Crippen LogP) is 3.42. The van der Waals surface area contributed by atoms with Crippen molar-refractivity contribution in [1.82, 2.24) is 9.97 Å². The number of rotatable bonds is 5. The third-order valence-electron chi connectivity index (χ3n) is 3.75. The molecule has 2 aromatic heterocycles. The molecule has 0 aliphatic carbocycles. The van der Waals surface area contributed by atoms with Crippen LogP contribution in [-0.4, -0.2) is 36.8 Å². The van der Waals surface area contributed by atoms with E-state index < -0.39 is 5.97 Å². The number of pyridine rings is 1. The van der Waals surface area contributed by atoms with Crippen LogP contribution in [0.5, 0.6) is 11.5 Å². The predicted molar refractivity (Wildman–Crippen MR) is 90.6 cm³/mol. The Hall–Kier alpha value is -3.02. The lowest BCUT2D eigenvalue weighted by Gasteiger charge is -2.08. The average Bonchev–Trinajstić information content (AvgIpc) is 2.99. The molecular formula is C18H18N2O4. The second-order valence-electron chi connectivity index (χ2n) is 5.08. The number of nitrogens with one attached hydrogen (secondary N) is 1. The van der Waals surface area contributed by atoms with Crippen LogP contribution < -0.4 is 9.47 Å². The van der Waals surface area contributed by atoms with Gasteiger partial charge in [0.05, 0.1) is 26.3 Å². The van der Waals surface area contributed by atoms with E-state index in [1.54, 1.807) is 33.5 Å². The maximum Gasteiger partial charge on any atom is 0.355 e. The van der Waals surface area contributed by atoms with E-state index in [0.29, 0.717) is 23.8 Å². The van der Waals surface area contributed by atoms with Crippen molar-refractivity contribution in [2.24, 2.45) is 0 Å². The minimum Gasteiger partial charge on any atom is -0.493 e. The van der Waals surface area contributed by atoms with Gasteiger partial charge in [-0.05, 0) is 30.7 Å². The molecule has 124 valence electrons. The summed E-state index contributed by atoms with van der Waals surface area (Å²) in [5.41, 5.74) is 2.79. The smallest absolute Gasteiger partial charge is 0.355 e. The number of aromatic amines is 1. The number of carbonyl (C=O) groups is 1. The third kappa shape index (κ3) is 2.67. The molecule has 1 aromatic carbocycles. The number of carbonyl (C=O) groups excluding carboxylic acids is 1. The van der Waals surface area contributed by atoms with Gasteiger partial charge >= 0.3 is 5.97 Å². The lowest BCUT2D eigenvalue weighted by Crippen LogP contribution is -2.06. The minimum atomic E-state index is -0.404. The van der Waals surface area contributed by atoms with Gasteiger partial charge in [-0.1, -0.05) is 0 Å². The Morgan fingerprint density at radius 3 is 2.42 bits per heavy atom. The number of methoxy groups -OCH3 is 2. The maximum absolute atomic E-state index is 12.4. The van der Waals surface area contributed by atoms with Gasteiger partial charge in [0.2, 0.25) is 0 Å². The molecular weight excluding hydrogens is 308 g/mol. The van der Waals surface area contributed by atoms with Crippen LogP contribution in [0.1, 0.15) is 17.4 Å². The van der Waals surface area contributed by atoms with Crippen molar-refractivity contribution in [3.05, 3.63) is 42.4 Å². The van der Waals surface area contributed by atoms with Crippen molar-refractivity contribution in [3.63, 3.8) is 0 Å². The van der Waals surface area contributed by atoms with Crippen LogP contribution in [0.4, 0.5) is 0 Å². The van der Waals surface area contributed by atoms with Crippen LogP contribution in [0.25, 0.3) is 22.0 Å². The monoisotopic (exact) mass is 326 g/mol. The van der Waals surface area contributed by atoms with Crippen LogP contribution in [-0.2, 0) is 4.74 Å². The Kier molecular flexibility index (Phi) is 4.37. The van der Waals surface area contributed by atoms with Gasteiger partial charge in [0.1, 0.15) is 5.69 Å². The molecule has 0 radical (unpaired) electrons. The molecule has 0 aliphatic heterocycles. The van der Waals surface area contributed by atoms with E-state index in [1.165, 1.54) is 0 Å². The third-order valence-corrected chi connectivity index (χ3v) is 3.75. The van der Waals surface area contributed by atoms with Gasteiger partial charge in [-0.2, -0.15) is 0 Å². The number of nitrogens with zero attached hydrogens (tertiary/aromatic N) is 1. The molecule has 1 N–H and O–H groups in total. The van der Waals surface area contributed by atoms with Gasteiger partial charge in [-0.15, -0.1) is 0 Å². The number of H-pyrrole nitrogens is 1. The number of hydrogen-bond donors (Lipinski definition) is 1. The van der Waals surface area contributed by atoms with E-state index in [9.17, 15) is 4.79 Å². The van der Waals surface area contributed by atoms with E-state index in [-0.39, 0.29) is 0 Å². The van der Waals surface area contributed by atoms with Gasteiger partial charge in [-0.3, -0.25) is 4.98 Å². The van der Waals surface area contributed by atoms with E-state index >= 15 is 0 Å². The molecule has 3 rings (SSSR count). The lowest BCUT2D eigenvalue weighted by molar-refractivity contribution is 0.0521. The second-order valence-corrected chi connectivity index (χ2v) is 5.08. The highest BCUT2D eigenvalue weighted by atomic mass is 16.5. The number of ether oxygens (including phenoxy) is 3. The summed E-state index contributed by atoms with van der Waals surface area (Å²) in [7, 11) is 3.15. The molecule has 0 unspecified atom stereocenters. The number of hydrogen-bond acceptors (Lipinski definition) is 5. The van der Waals surface area contributed by atoms with Crippen molar-refractivity contribution in [1.29, 1.82) is 0 Å². The molecule has 0 bridgehead atoms. The molecule has 2 heterocycles. The summed E-state index contributed by atoms with van der Waals surface area (Å²) >= 11 is 0. The molecule has 0 aliphatic rings. The average molecular weight is 326 g/mol. The van der Waals surface area contributed by atoms with Crippen molar-refractivity contribution >= 4 is 16.9 Å². The minimum absolute atomic E-state index is 0.302. The first-order valence-electron chi connectivity index (χ1n) is 7.54. The molecule has 3 aromatic rings. The molecule has 0 atom stereocenters. The Morgan fingerprint density at radius 2 is 1.79 bits per heavy atom. The summed E-state index contributed by atoms with van der Waals surface area (Å²) in [6.45, 7) is 2.08. The van der Waals surface area contributed by atoms with Gasteiger partial charge in [-0.25, -0.2) is 4.79 Å². The van der Waals surface area contributed by atoms with E-state index in [4.69, 9.17) is 14.2 Å². The Bertz CT molecular complexity index is 872. The quantitative estimate of drug-likeness (QED) is 0.727. The highest BCUT2D eigenvalue weighted by Gasteiger charge is 2.22. The summed E-state index contributed by atoms with van der Waals surface area (Å²) in [6.07, 6.45) is 3.37. The largest absolute Gasteiger partial charge is 0.493 e. The normalized spacial score (nSPS) is 10.6. The topological polar surface area (TPSA) is 73.4 Å². The highest BCUT2D eigenvalue weighted by Crippen LogP contribution is 2.39. The first-order chi connectivity index (χ1) is 11.7. The molecule has 0 amide bonds. The number of fused-ring (bicyclic) bond motifs is 1. The molecule has 0 saturated carbocycles. The van der Waals surface area contributed by atoms with Crippen LogP contribution in [0.15, 0.2) is 36.7 Å². The summed E-state index contributed by atoms with van der Waals surface area (Å²) in [6, 6.07) is 7.36. The molecule has 0 saturated heterocycles. The van der Waals surface area contributed by atoms with Crippen LogP contribution in [0, 0.1) is 0 Å². The van der Waals surface area contributed by atoms with Gasteiger partial charge in [0, 0.05) is 29.4 Å². The Labute approximate surface area is 139 Å². The van der Waals surface area contributed by atoms with Crippen molar-refractivity contribution in [2.75, 3.05) is 20.8 Å². The summed E-state index contributed by atoms with van der Waals surface area (Å²) in [5, 5.41) is 0.849. The van der Waals surface area contributed by atoms with Crippen LogP contribution in [0.2, 0.25) is 0 Å². The van der Waals surface area contributed by atoms with E-state index in [0.717, 1.165) is 22.0 Å². The Balaban J connectivity index is 2.31. The fraction of sp³-hybridized carbons (Fsp3) is 0.222. The highest BCUT2D eigenvalue weighted by molar-refractivity contribution is 6.08. The van der Waals surface area contributed by atoms with Gasteiger partial charge in [0.25, 0.3) is 0 Å². The first kappa shape index (κ1) is 15.9. The molecule has 6 heteroatoms. The van der Waals surface area contributed by atoms with Gasteiger partial charge < -0.3 is 19.2 Å². The standard InChI is InChI=1S/C18H18N2O4/c1-4-24-18(21)17-16(11-5-7-19-8-6-11)12-9-14(22-2)15(23-3)10-13(12)20-17/h5-10,20H,4H2,1-3H3. The lowest BCUT2D eigenvalue weighted by atomic mass is 10.0. The zero-order chi connectivity index (χ0) is 17.1. The maximum atomic E-state index is 12.4. The summed E-state index contributed by atoms with van der Waals surface area (Å²) in [5.74, 6) is 0.774. The fourth-order valence-electron chi connectivity index (χ4n) is 2.70. The van der Waals surface area contributed by atoms with E-state index in [2.05, 4.69) is 9.97 Å². The van der Waals surface area contributed by atoms with Crippen LogP contribution >= 0.6 is 0 Å². The Morgan fingerprint density at radius 1 is 1.12 bits per heavy atom. The summed E-state index contributed by atoms with van der Waals surface area (Å²) in [4.78, 5) is 19.6. The zero-order valence-electron chi connectivity index (χ0n) is 13.8. The number of esters is 1. The zero-order valence-corrected chi connectivity index (χ0v) is 13.8. The number of aromatic nitrogens is 2. The second kappa shape index (κ2) is 6.62. The van der Waals surface area contributed by atoms with Crippen molar-refractivity contribution in [3.8, 4) is 22.6 Å². The van der Waals surface area contributed by atoms with Crippen molar-refractivity contribution in [2.45, 2.75) is 6.92 Å². The fourth-order valence-corrected chi connectivity index (χ4v) is 2.70. The van der Waals surface area contributed by atoms with E-state index in [1.807, 2.05) is 24.3 Å². The SMILES string of the molecule is CCOC(=O)c1[nH]c2cc(OC)c(OC)cc2c1-c1ccncc1. The van der Waals surface area contributed by atoms with Crippen LogP contribution in [0.3, 0.4) is 0 Å². The number of benzene rings is 1. The molecule has 6 nitrogen and oxygen atoms in total. The van der Waals surface area contributed by atoms with Crippen molar-refractivity contribution < 1.29 is 19.0 Å².